The highest BCUT2D eigenvalue weighted by Gasteiger charge is 2.35. The fourth-order valence-corrected chi connectivity index (χ4v) is 3.55. The number of hydrogen-bond donors (Lipinski definition) is 0. The maximum absolute atomic E-state index is 2.53. The molecule has 1 unspecified atom stereocenters. The molecule has 0 spiro atoms. The molecule has 0 amide bonds. The summed E-state index contributed by atoms with van der Waals surface area (Å²) in [5.41, 5.74) is 6.89. The SMILES string of the molecule is Cc1cccc2c1-c1c(ccc[n+]1C)C(C)N2C(C)C. The zero-order valence-corrected chi connectivity index (χ0v) is 13.0. The van der Waals surface area contributed by atoms with Crippen LogP contribution in [0.15, 0.2) is 36.5 Å². The molecule has 1 aliphatic rings. The minimum atomic E-state index is 0.409. The summed E-state index contributed by atoms with van der Waals surface area (Å²) in [6, 6.07) is 12.0. The molecule has 0 bridgehead atoms. The molecular weight excluding hydrogens is 244 g/mol. The van der Waals surface area contributed by atoms with Crippen LogP contribution in [0.4, 0.5) is 5.69 Å². The Morgan fingerprint density at radius 2 is 1.90 bits per heavy atom. The van der Waals surface area contributed by atoms with E-state index >= 15 is 0 Å². The van der Waals surface area contributed by atoms with E-state index in [0.29, 0.717) is 12.1 Å². The predicted octanol–water partition coefficient (Wildman–Crippen LogP) is 3.78. The maximum Gasteiger partial charge on any atom is 0.219 e. The van der Waals surface area contributed by atoms with E-state index in [1.807, 2.05) is 0 Å². The number of benzene rings is 1. The smallest absolute Gasteiger partial charge is 0.219 e. The van der Waals surface area contributed by atoms with Gasteiger partial charge in [0, 0.05) is 17.7 Å². The second-order valence-electron chi connectivity index (χ2n) is 6.07. The van der Waals surface area contributed by atoms with Gasteiger partial charge in [-0.15, -0.1) is 0 Å². The summed E-state index contributed by atoms with van der Waals surface area (Å²) in [5.74, 6) is 0. The van der Waals surface area contributed by atoms with E-state index in [1.165, 1.54) is 28.1 Å². The fourth-order valence-electron chi connectivity index (χ4n) is 3.55. The van der Waals surface area contributed by atoms with Crippen molar-refractivity contribution in [1.29, 1.82) is 0 Å². The Labute approximate surface area is 121 Å². The van der Waals surface area contributed by atoms with Crippen molar-refractivity contribution >= 4 is 5.69 Å². The molecule has 1 aromatic carbocycles. The van der Waals surface area contributed by atoms with Crippen LogP contribution in [0.3, 0.4) is 0 Å². The summed E-state index contributed by atoms with van der Waals surface area (Å²) >= 11 is 0. The number of anilines is 1. The van der Waals surface area contributed by atoms with E-state index in [-0.39, 0.29) is 0 Å². The van der Waals surface area contributed by atoms with Crippen LogP contribution in [0.2, 0.25) is 0 Å². The van der Waals surface area contributed by atoms with E-state index in [1.54, 1.807) is 0 Å². The molecule has 0 fully saturated rings. The monoisotopic (exact) mass is 267 g/mol. The lowest BCUT2D eigenvalue weighted by atomic mass is 9.89. The van der Waals surface area contributed by atoms with E-state index < -0.39 is 0 Å². The number of rotatable bonds is 1. The molecule has 20 heavy (non-hydrogen) atoms. The Balaban J connectivity index is 2.38. The van der Waals surface area contributed by atoms with Gasteiger partial charge in [0.05, 0.1) is 17.3 Å². The molecule has 0 saturated heterocycles. The van der Waals surface area contributed by atoms with Crippen LogP contribution in [-0.4, -0.2) is 6.04 Å². The Morgan fingerprint density at radius 3 is 2.60 bits per heavy atom. The summed E-state index contributed by atoms with van der Waals surface area (Å²) in [7, 11) is 2.15. The molecule has 0 saturated carbocycles. The lowest BCUT2D eigenvalue weighted by Crippen LogP contribution is -2.41. The lowest BCUT2D eigenvalue weighted by molar-refractivity contribution is -0.660. The summed E-state index contributed by atoms with van der Waals surface area (Å²) in [5, 5.41) is 0. The topological polar surface area (TPSA) is 7.12 Å². The van der Waals surface area contributed by atoms with Gasteiger partial charge < -0.3 is 4.90 Å². The van der Waals surface area contributed by atoms with Crippen LogP contribution >= 0.6 is 0 Å². The summed E-state index contributed by atoms with van der Waals surface area (Å²) < 4.78 is 2.26. The first-order valence-corrected chi connectivity index (χ1v) is 7.39. The van der Waals surface area contributed by atoms with Crippen molar-refractivity contribution in [2.24, 2.45) is 7.05 Å². The Kier molecular flexibility index (Phi) is 3.04. The maximum atomic E-state index is 2.53. The average Bonchev–Trinajstić information content (AvgIpc) is 2.39. The zero-order chi connectivity index (χ0) is 14.4. The summed E-state index contributed by atoms with van der Waals surface area (Å²) in [6.45, 7) is 9.07. The first-order chi connectivity index (χ1) is 9.52. The summed E-state index contributed by atoms with van der Waals surface area (Å²) in [4.78, 5) is 2.53. The summed E-state index contributed by atoms with van der Waals surface area (Å²) in [6.07, 6.45) is 2.15. The van der Waals surface area contributed by atoms with Crippen LogP contribution in [-0.2, 0) is 7.05 Å². The normalized spacial score (nSPS) is 17.1. The van der Waals surface area contributed by atoms with Crippen molar-refractivity contribution in [1.82, 2.24) is 0 Å². The standard InChI is InChI=1S/C18H23N2/c1-12(2)20-14(4)15-9-7-11-19(5)18(15)17-13(3)8-6-10-16(17)20/h6-12,14H,1-5H3/q+1. The number of pyridine rings is 1. The predicted molar refractivity (Wildman–Crippen MR) is 83.8 cm³/mol. The van der Waals surface area contributed by atoms with Crippen LogP contribution in [0.25, 0.3) is 11.3 Å². The molecule has 2 aromatic rings. The highest BCUT2D eigenvalue weighted by Crippen LogP contribution is 2.45. The number of aryl methyl sites for hydroxylation is 2. The van der Waals surface area contributed by atoms with Crippen LogP contribution < -0.4 is 9.47 Å². The van der Waals surface area contributed by atoms with Gasteiger partial charge in [0.2, 0.25) is 5.69 Å². The van der Waals surface area contributed by atoms with Gasteiger partial charge in [-0.3, -0.25) is 0 Å². The van der Waals surface area contributed by atoms with E-state index in [0.717, 1.165) is 0 Å². The van der Waals surface area contributed by atoms with E-state index in [9.17, 15) is 0 Å². The molecule has 1 aromatic heterocycles. The van der Waals surface area contributed by atoms with Gasteiger partial charge >= 0.3 is 0 Å². The van der Waals surface area contributed by atoms with E-state index in [2.05, 4.69) is 80.7 Å². The average molecular weight is 267 g/mol. The van der Waals surface area contributed by atoms with Crippen LogP contribution in [0.5, 0.6) is 0 Å². The highest BCUT2D eigenvalue weighted by molar-refractivity contribution is 5.83. The molecule has 0 aliphatic carbocycles. The second-order valence-corrected chi connectivity index (χ2v) is 6.07. The first-order valence-electron chi connectivity index (χ1n) is 7.39. The number of hydrogen-bond acceptors (Lipinski definition) is 1. The lowest BCUT2D eigenvalue weighted by Gasteiger charge is -2.40. The molecule has 1 aliphatic heterocycles. The molecular formula is C18H23N2+. The number of nitrogens with zero attached hydrogens (tertiary/aromatic N) is 2. The van der Waals surface area contributed by atoms with Crippen molar-refractivity contribution in [3.63, 3.8) is 0 Å². The molecule has 2 nitrogen and oxygen atoms in total. The van der Waals surface area contributed by atoms with Gasteiger partial charge in [0.1, 0.15) is 7.05 Å². The van der Waals surface area contributed by atoms with Gasteiger partial charge in [-0.05, 0) is 45.4 Å². The van der Waals surface area contributed by atoms with Crippen molar-refractivity contribution in [2.45, 2.75) is 39.8 Å². The molecule has 0 N–H and O–H groups in total. The second kappa shape index (κ2) is 4.62. The van der Waals surface area contributed by atoms with Gasteiger partial charge in [-0.25, -0.2) is 4.57 Å². The Morgan fingerprint density at radius 1 is 1.15 bits per heavy atom. The number of fused-ring (bicyclic) bond motifs is 3. The van der Waals surface area contributed by atoms with Gasteiger partial charge in [0.25, 0.3) is 0 Å². The highest BCUT2D eigenvalue weighted by atomic mass is 15.2. The van der Waals surface area contributed by atoms with Gasteiger partial charge in [0.15, 0.2) is 6.20 Å². The molecule has 2 heterocycles. The molecule has 0 radical (unpaired) electrons. The largest absolute Gasteiger partial charge is 0.361 e. The van der Waals surface area contributed by atoms with Gasteiger partial charge in [-0.1, -0.05) is 12.1 Å². The van der Waals surface area contributed by atoms with Crippen LogP contribution in [0.1, 0.15) is 37.9 Å². The third-order valence-corrected chi connectivity index (χ3v) is 4.40. The molecule has 104 valence electrons. The minimum Gasteiger partial charge on any atom is -0.361 e. The van der Waals surface area contributed by atoms with Gasteiger partial charge in [-0.2, -0.15) is 0 Å². The molecule has 3 rings (SSSR count). The van der Waals surface area contributed by atoms with Crippen LogP contribution in [0, 0.1) is 6.92 Å². The quantitative estimate of drug-likeness (QED) is 0.713. The Bertz CT molecular complexity index is 658. The molecule has 2 heteroatoms. The third-order valence-electron chi connectivity index (χ3n) is 4.40. The minimum absolute atomic E-state index is 0.409. The molecule has 1 atom stereocenters. The first kappa shape index (κ1) is 13.2. The van der Waals surface area contributed by atoms with Crippen molar-refractivity contribution in [2.75, 3.05) is 4.90 Å². The van der Waals surface area contributed by atoms with E-state index in [4.69, 9.17) is 0 Å². The van der Waals surface area contributed by atoms with Crippen molar-refractivity contribution in [3.8, 4) is 11.3 Å². The van der Waals surface area contributed by atoms with Crippen molar-refractivity contribution < 1.29 is 4.57 Å². The zero-order valence-electron chi connectivity index (χ0n) is 13.0. The Hall–Kier alpha value is -1.83. The number of aromatic nitrogens is 1. The fraction of sp³-hybridized carbons (Fsp3) is 0.389. The van der Waals surface area contributed by atoms with Crippen molar-refractivity contribution in [3.05, 3.63) is 47.7 Å². The third kappa shape index (κ3) is 1.75.